The molecule has 0 aliphatic carbocycles. The van der Waals surface area contributed by atoms with Crippen LogP contribution in [0.4, 0.5) is 11.4 Å². The van der Waals surface area contributed by atoms with E-state index in [9.17, 15) is 13.2 Å². The molecule has 0 fully saturated rings. The van der Waals surface area contributed by atoms with Crippen molar-refractivity contribution in [1.29, 1.82) is 0 Å². The Labute approximate surface area is 177 Å². The van der Waals surface area contributed by atoms with Gasteiger partial charge in [0.2, 0.25) is 5.91 Å². The van der Waals surface area contributed by atoms with Gasteiger partial charge in [0.05, 0.1) is 22.5 Å². The summed E-state index contributed by atoms with van der Waals surface area (Å²) in [4.78, 5) is 16.7. The van der Waals surface area contributed by atoms with E-state index in [1.807, 2.05) is 32.9 Å². The smallest absolute Gasteiger partial charge is 0.264 e. The lowest BCUT2D eigenvalue weighted by Crippen LogP contribution is -2.34. The summed E-state index contributed by atoms with van der Waals surface area (Å²) >= 11 is 0. The largest absolute Gasteiger partial charge is 0.324 e. The number of amides is 1. The molecule has 1 N–H and O–H groups in total. The number of pyridine rings is 1. The van der Waals surface area contributed by atoms with E-state index >= 15 is 0 Å². The molecule has 1 amide bonds. The average molecular weight is 424 g/mol. The first-order chi connectivity index (χ1) is 14.3. The van der Waals surface area contributed by atoms with Crippen molar-refractivity contribution in [2.75, 3.05) is 16.2 Å². The molecule has 156 valence electrons. The predicted octanol–water partition coefficient (Wildman–Crippen LogP) is 4.23. The normalized spacial score (nSPS) is 11.2. The molecule has 30 heavy (non-hydrogen) atoms. The Morgan fingerprint density at radius 1 is 0.933 bits per heavy atom. The lowest BCUT2D eigenvalue weighted by Gasteiger charge is -2.24. The van der Waals surface area contributed by atoms with Crippen LogP contribution >= 0.6 is 0 Å². The number of aryl methyl sites for hydroxylation is 3. The molecule has 1 heterocycles. The topological polar surface area (TPSA) is 79.4 Å². The minimum atomic E-state index is -3.82. The highest BCUT2D eigenvalue weighted by molar-refractivity contribution is 7.92. The molecular weight excluding hydrogens is 398 g/mol. The summed E-state index contributed by atoms with van der Waals surface area (Å²) in [6.45, 7) is 5.73. The van der Waals surface area contributed by atoms with Crippen LogP contribution in [0.2, 0.25) is 0 Å². The molecule has 0 spiro atoms. The Hall–Kier alpha value is -3.19. The molecule has 0 radical (unpaired) electrons. The Kier molecular flexibility index (Phi) is 6.52. The van der Waals surface area contributed by atoms with Gasteiger partial charge in [0.15, 0.2) is 0 Å². The van der Waals surface area contributed by atoms with Crippen molar-refractivity contribution in [2.45, 2.75) is 32.1 Å². The van der Waals surface area contributed by atoms with Crippen molar-refractivity contribution >= 4 is 27.3 Å². The third-order valence-electron chi connectivity index (χ3n) is 4.79. The van der Waals surface area contributed by atoms with Crippen LogP contribution in [-0.4, -0.2) is 25.9 Å². The zero-order valence-electron chi connectivity index (χ0n) is 17.3. The summed E-state index contributed by atoms with van der Waals surface area (Å²) < 4.78 is 28.0. The third-order valence-corrected chi connectivity index (χ3v) is 6.63. The van der Waals surface area contributed by atoms with Crippen molar-refractivity contribution in [2.24, 2.45) is 0 Å². The molecule has 0 atom stereocenters. The minimum Gasteiger partial charge on any atom is -0.324 e. The Morgan fingerprint density at radius 2 is 1.53 bits per heavy atom. The van der Waals surface area contributed by atoms with Gasteiger partial charge in [-0.3, -0.25) is 14.1 Å². The SMILES string of the molecule is Cc1ccc(N(CCC(=O)Nc2cnccc2C)S(=O)(=O)c2ccc(C)cc2)cc1. The molecule has 0 aliphatic heterocycles. The number of benzene rings is 2. The number of nitrogens with zero attached hydrogens (tertiary/aromatic N) is 2. The molecule has 0 bridgehead atoms. The maximum absolute atomic E-state index is 13.3. The Morgan fingerprint density at radius 3 is 2.13 bits per heavy atom. The van der Waals surface area contributed by atoms with Crippen molar-refractivity contribution in [3.05, 3.63) is 83.7 Å². The number of aromatic nitrogens is 1. The Balaban J connectivity index is 1.85. The second kappa shape index (κ2) is 9.09. The zero-order valence-corrected chi connectivity index (χ0v) is 18.1. The van der Waals surface area contributed by atoms with E-state index < -0.39 is 10.0 Å². The van der Waals surface area contributed by atoms with Crippen LogP contribution in [0.5, 0.6) is 0 Å². The van der Waals surface area contributed by atoms with Gasteiger partial charge in [-0.05, 0) is 56.7 Å². The molecule has 0 saturated heterocycles. The van der Waals surface area contributed by atoms with Crippen LogP contribution in [-0.2, 0) is 14.8 Å². The van der Waals surface area contributed by atoms with Crippen LogP contribution in [0.3, 0.4) is 0 Å². The van der Waals surface area contributed by atoms with Gasteiger partial charge in [-0.25, -0.2) is 8.42 Å². The maximum atomic E-state index is 13.3. The van der Waals surface area contributed by atoms with Crippen LogP contribution in [0, 0.1) is 20.8 Å². The number of carbonyl (C=O) groups excluding carboxylic acids is 1. The van der Waals surface area contributed by atoms with Gasteiger partial charge in [-0.1, -0.05) is 35.4 Å². The third kappa shape index (κ3) is 5.04. The molecule has 2 aromatic carbocycles. The van der Waals surface area contributed by atoms with Gasteiger partial charge in [0, 0.05) is 19.2 Å². The van der Waals surface area contributed by atoms with Gasteiger partial charge < -0.3 is 5.32 Å². The standard InChI is InChI=1S/C23H25N3O3S/c1-17-4-8-20(9-5-17)26(30(28,29)21-10-6-18(2)7-11-21)15-13-23(27)25-22-16-24-14-12-19(22)3/h4-12,14,16H,13,15H2,1-3H3,(H,25,27). The van der Waals surface area contributed by atoms with E-state index in [1.165, 1.54) is 4.31 Å². The van der Waals surface area contributed by atoms with Gasteiger partial charge in [0.1, 0.15) is 0 Å². The van der Waals surface area contributed by atoms with E-state index in [2.05, 4.69) is 10.3 Å². The highest BCUT2D eigenvalue weighted by Crippen LogP contribution is 2.25. The van der Waals surface area contributed by atoms with Crippen molar-refractivity contribution in [3.63, 3.8) is 0 Å². The first-order valence-electron chi connectivity index (χ1n) is 9.64. The molecule has 6 nitrogen and oxygen atoms in total. The van der Waals surface area contributed by atoms with Gasteiger partial charge in [-0.2, -0.15) is 0 Å². The van der Waals surface area contributed by atoms with E-state index in [4.69, 9.17) is 0 Å². The summed E-state index contributed by atoms with van der Waals surface area (Å²) in [5, 5.41) is 2.80. The zero-order chi connectivity index (χ0) is 21.7. The second-order valence-corrected chi connectivity index (χ2v) is 9.08. The molecule has 0 aliphatic rings. The molecule has 7 heteroatoms. The number of nitrogens with one attached hydrogen (secondary N) is 1. The lowest BCUT2D eigenvalue weighted by atomic mass is 10.2. The first kappa shape index (κ1) is 21.5. The van der Waals surface area contributed by atoms with Crippen LogP contribution in [0.1, 0.15) is 23.1 Å². The number of hydrogen-bond acceptors (Lipinski definition) is 4. The molecule has 1 aromatic heterocycles. The fraction of sp³-hybridized carbons (Fsp3) is 0.217. The van der Waals surface area contributed by atoms with E-state index in [0.29, 0.717) is 11.4 Å². The maximum Gasteiger partial charge on any atom is 0.264 e. The highest BCUT2D eigenvalue weighted by Gasteiger charge is 2.25. The van der Waals surface area contributed by atoms with E-state index in [1.54, 1.807) is 54.9 Å². The van der Waals surface area contributed by atoms with Gasteiger partial charge in [-0.15, -0.1) is 0 Å². The van der Waals surface area contributed by atoms with Crippen LogP contribution in [0.25, 0.3) is 0 Å². The monoisotopic (exact) mass is 423 g/mol. The van der Waals surface area contributed by atoms with E-state index in [0.717, 1.165) is 16.7 Å². The molecule has 0 saturated carbocycles. The predicted molar refractivity (Wildman–Crippen MR) is 119 cm³/mol. The fourth-order valence-electron chi connectivity index (χ4n) is 2.95. The summed E-state index contributed by atoms with van der Waals surface area (Å²) in [5.74, 6) is -0.276. The number of carbonyl (C=O) groups is 1. The second-order valence-electron chi connectivity index (χ2n) is 7.21. The fourth-order valence-corrected chi connectivity index (χ4v) is 4.41. The first-order valence-corrected chi connectivity index (χ1v) is 11.1. The molecular formula is C23H25N3O3S. The average Bonchev–Trinajstić information content (AvgIpc) is 2.71. The number of sulfonamides is 1. The molecule has 3 rings (SSSR count). The number of anilines is 2. The molecule has 3 aromatic rings. The number of rotatable bonds is 7. The van der Waals surface area contributed by atoms with Crippen molar-refractivity contribution in [3.8, 4) is 0 Å². The van der Waals surface area contributed by atoms with Crippen LogP contribution < -0.4 is 9.62 Å². The van der Waals surface area contributed by atoms with Crippen molar-refractivity contribution in [1.82, 2.24) is 4.98 Å². The quantitative estimate of drug-likeness (QED) is 0.617. The van der Waals surface area contributed by atoms with Crippen LogP contribution in [0.15, 0.2) is 71.9 Å². The highest BCUT2D eigenvalue weighted by atomic mass is 32.2. The van der Waals surface area contributed by atoms with Gasteiger partial charge >= 0.3 is 0 Å². The minimum absolute atomic E-state index is 0.00724. The van der Waals surface area contributed by atoms with Gasteiger partial charge in [0.25, 0.3) is 10.0 Å². The van der Waals surface area contributed by atoms with E-state index in [-0.39, 0.29) is 23.8 Å². The lowest BCUT2D eigenvalue weighted by molar-refractivity contribution is -0.116. The summed E-state index contributed by atoms with van der Waals surface area (Å²) in [6.07, 6.45) is 3.24. The Bertz CT molecular complexity index is 1130. The molecule has 0 unspecified atom stereocenters. The summed E-state index contributed by atoms with van der Waals surface area (Å²) in [6, 6.07) is 15.7. The summed E-state index contributed by atoms with van der Waals surface area (Å²) in [7, 11) is -3.82. The summed E-state index contributed by atoms with van der Waals surface area (Å²) in [5.41, 5.74) is 4.02. The van der Waals surface area contributed by atoms with Crippen molar-refractivity contribution < 1.29 is 13.2 Å². The number of hydrogen-bond donors (Lipinski definition) is 1.